The molecule has 2 aromatic carbocycles. The summed E-state index contributed by atoms with van der Waals surface area (Å²) in [4.78, 5) is 12.6. The molecule has 2 aromatic heterocycles. The molecule has 1 amide bonds. The van der Waals surface area contributed by atoms with Gasteiger partial charge in [0.1, 0.15) is 5.75 Å². The minimum atomic E-state index is -0.152. The Morgan fingerprint density at radius 1 is 1.04 bits per heavy atom. The van der Waals surface area contributed by atoms with E-state index in [-0.39, 0.29) is 11.7 Å². The number of phenols is 1. The monoisotopic (exact) mass is 345 g/mol. The van der Waals surface area contributed by atoms with Crippen LogP contribution in [0.15, 0.2) is 67.0 Å². The van der Waals surface area contributed by atoms with Crippen LogP contribution in [0.4, 0.5) is 5.69 Å². The molecule has 26 heavy (non-hydrogen) atoms. The molecule has 2 N–H and O–H groups in total. The normalized spacial score (nSPS) is 11.0. The van der Waals surface area contributed by atoms with Crippen molar-refractivity contribution in [3.63, 3.8) is 0 Å². The summed E-state index contributed by atoms with van der Waals surface area (Å²) in [5.41, 5.74) is 4.31. The summed E-state index contributed by atoms with van der Waals surface area (Å²) < 4.78 is 3.97. The first-order valence-electron chi connectivity index (χ1n) is 8.36. The quantitative estimate of drug-likeness (QED) is 0.583. The average Bonchev–Trinajstić information content (AvgIpc) is 3.19. The number of nitrogens with zero attached hydrogens (tertiary/aromatic N) is 2. The minimum Gasteiger partial charge on any atom is -0.508 e. The van der Waals surface area contributed by atoms with Gasteiger partial charge in [-0.05, 0) is 61.5 Å². The fourth-order valence-electron chi connectivity index (χ4n) is 3.15. The van der Waals surface area contributed by atoms with Gasteiger partial charge in [-0.3, -0.25) is 4.79 Å². The summed E-state index contributed by atoms with van der Waals surface area (Å²) in [5.74, 6) is 0.0636. The Bertz CT molecular complexity index is 1100. The number of benzene rings is 2. The maximum Gasteiger partial charge on any atom is 0.257 e. The third-order valence-corrected chi connectivity index (χ3v) is 4.55. The van der Waals surface area contributed by atoms with E-state index in [2.05, 4.69) is 5.32 Å². The van der Waals surface area contributed by atoms with Crippen LogP contribution in [0.2, 0.25) is 0 Å². The van der Waals surface area contributed by atoms with E-state index in [9.17, 15) is 9.90 Å². The number of aromatic nitrogens is 2. The molecule has 5 nitrogen and oxygen atoms in total. The van der Waals surface area contributed by atoms with Crippen LogP contribution in [0.1, 0.15) is 16.1 Å². The number of anilines is 1. The number of phenolic OH excluding ortho intramolecular Hbond substituents is 1. The van der Waals surface area contributed by atoms with E-state index < -0.39 is 0 Å². The third kappa shape index (κ3) is 2.84. The van der Waals surface area contributed by atoms with E-state index in [1.165, 1.54) is 0 Å². The van der Waals surface area contributed by atoms with Crippen molar-refractivity contribution in [3.8, 4) is 11.4 Å². The van der Waals surface area contributed by atoms with Crippen molar-refractivity contribution in [1.29, 1.82) is 0 Å². The zero-order valence-corrected chi connectivity index (χ0v) is 14.6. The van der Waals surface area contributed by atoms with Gasteiger partial charge in [-0.2, -0.15) is 0 Å². The number of rotatable bonds is 3. The van der Waals surface area contributed by atoms with Gasteiger partial charge in [-0.25, -0.2) is 0 Å². The highest BCUT2D eigenvalue weighted by molar-refractivity contribution is 6.05. The first kappa shape index (κ1) is 16.0. The van der Waals surface area contributed by atoms with Gasteiger partial charge in [0.2, 0.25) is 0 Å². The van der Waals surface area contributed by atoms with Crippen molar-refractivity contribution < 1.29 is 9.90 Å². The van der Waals surface area contributed by atoms with Gasteiger partial charge < -0.3 is 19.6 Å². The fraction of sp³-hybridized carbons (Fsp3) is 0.0952. The number of nitrogens with one attached hydrogen (secondary N) is 1. The van der Waals surface area contributed by atoms with Crippen LogP contribution in [-0.4, -0.2) is 20.1 Å². The molecule has 2 heterocycles. The molecule has 0 radical (unpaired) electrons. The maximum absolute atomic E-state index is 12.6. The molecule has 4 rings (SSSR count). The zero-order chi connectivity index (χ0) is 18.3. The first-order chi connectivity index (χ1) is 12.5. The third-order valence-electron chi connectivity index (χ3n) is 4.55. The van der Waals surface area contributed by atoms with E-state index in [4.69, 9.17) is 0 Å². The Hall–Kier alpha value is -3.47. The Morgan fingerprint density at radius 3 is 2.58 bits per heavy atom. The Balaban J connectivity index is 1.59. The number of hydrogen-bond donors (Lipinski definition) is 2. The highest BCUT2D eigenvalue weighted by Crippen LogP contribution is 2.22. The molecular formula is C21H19N3O2. The molecular weight excluding hydrogens is 326 g/mol. The standard InChI is InChI=1S/C21H19N3O2/c1-14-11-16(13-24(14)18-4-6-19(25)7-5-18)21(26)22-17-3-8-20-15(12-17)9-10-23(20)2/h3-13,25H,1-2H3,(H,22,26). The van der Waals surface area contributed by atoms with E-state index in [0.29, 0.717) is 5.56 Å². The number of fused-ring (bicyclic) bond motifs is 1. The van der Waals surface area contributed by atoms with Crippen LogP contribution < -0.4 is 5.32 Å². The average molecular weight is 345 g/mol. The zero-order valence-electron chi connectivity index (χ0n) is 14.6. The van der Waals surface area contributed by atoms with Crippen molar-refractivity contribution in [3.05, 3.63) is 78.2 Å². The molecule has 130 valence electrons. The van der Waals surface area contributed by atoms with Gasteiger partial charge >= 0.3 is 0 Å². The second kappa shape index (κ2) is 6.11. The second-order valence-electron chi connectivity index (χ2n) is 6.41. The van der Waals surface area contributed by atoms with Crippen LogP contribution in [0.25, 0.3) is 16.6 Å². The van der Waals surface area contributed by atoms with E-state index in [1.807, 2.05) is 71.8 Å². The summed E-state index contributed by atoms with van der Waals surface area (Å²) in [6, 6.07) is 16.6. The van der Waals surface area contributed by atoms with Crippen molar-refractivity contribution in [2.45, 2.75) is 6.92 Å². The lowest BCUT2D eigenvalue weighted by molar-refractivity contribution is 0.102. The van der Waals surface area contributed by atoms with Gasteiger partial charge in [0.05, 0.1) is 5.56 Å². The molecule has 0 bridgehead atoms. The SMILES string of the molecule is Cc1cc(C(=O)Nc2ccc3c(ccn3C)c2)cn1-c1ccc(O)cc1. The largest absolute Gasteiger partial charge is 0.508 e. The number of amides is 1. The van der Waals surface area contributed by atoms with Crippen LogP contribution in [0, 0.1) is 6.92 Å². The van der Waals surface area contributed by atoms with Crippen molar-refractivity contribution in [2.75, 3.05) is 5.32 Å². The van der Waals surface area contributed by atoms with Gasteiger partial charge in [0.25, 0.3) is 5.91 Å². The number of carbonyl (C=O) groups excluding carboxylic acids is 1. The fourth-order valence-corrected chi connectivity index (χ4v) is 3.15. The molecule has 0 unspecified atom stereocenters. The molecule has 4 aromatic rings. The molecule has 0 atom stereocenters. The Labute approximate surface area is 151 Å². The lowest BCUT2D eigenvalue weighted by Gasteiger charge is -2.06. The van der Waals surface area contributed by atoms with Crippen LogP contribution in [0.3, 0.4) is 0 Å². The molecule has 5 heteroatoms. The van der Waals surface area contributed by atoms with Gasteiger partial charge in [0, 0.05) is 47.4 Å². The van der Waals surface area contributed by atoms with E-state index in [1.54, 1.807) is 18.3 Å². The minimum absolute atomic E-state index is 0.152. The summed E-state index contributed by atoms with van der Waals surface area (Å²) in [6.45, 7) is 1.94. The summed E-state index contributed by atoms with van der Waals surface area (Å²) >= 11 is 0. The number of carbonyl (C=O) groups is 1. The van der Waals surface area contributed by atoms with Gasteiger partial charge in [-0.1, -0.05) is 0 Å². The van der Waals surface area contributed by atoms with Gasteiger partial charge in [0.15, 0.2) is 0 Å². The first-order valence-corrected chi connectivity index (χ1v) is 8.36. The molecule has 0 aliphatic carbocycles. The van der Waals surface area contributed by atoms with Crippen LogP contribution in [-0.2, 0) is 7.05 Å². The number of aryl methyl sites for hydroxylation is 2. The summed E-state index contributed by atoms with van der Waals surface area (Å²) in [6.07, 6.45) is 3.80. The highest BCUT2D eigenvalue weighted by Gasteiger charge is 2.12. The molecule has 0 saturated heterocycles. The van der Waals surface area contributed by atoms with Crippen LogP contribution >= 0.6 is 0 Å². The predicted octanol–water partition coefficient (Wildman–Crippen LogP) is 4.24. The van der Waals surface area contributed by atoms with E-state index in [0.717, 1.165) is 28.0 Å². The topological polar surface area (TPSA) is 59.2 Å². The molecule has 0 fully saturated rings. The van der Waals surface area contributed by atoms with Crippen LogP contribution in [0.5, 0.6) is 5.75 Å². The van der Waals surface area contributed by atoms with Crippen molar-refractivity contribution in [1.82, 2.24) is 9.13 Å². The highest BCUT2D eigenvalue weighted by atomic mass is 16.3. The Morgan fingerprint density at radius 2 is 1.81 bits per heavy atom. The summed E-state index contributed by atoms with van der Waals surface area (Å²) in [5, 5.41) is 13.5. The summed E-state index contributed by atoms with van der Waals surface area (Å²) in [7, 11) is 2.00. The Kier molecular flexibility index (Phi) is 3.77. The molecule has 0 spiro atoms. The molecule has 0 saturated carbocycles. The maximum atomic E-state index is 12.6. The predicted molar refractivity (Wildman–Crippen MR) is 103 cm³/mol. The van der Waals surface area contributed by atoms with Crippen molar-refractivity contribution >= 4 is 22.5 Å². The lowest BCUT2D eigenvalue weighted by Crippen LogP contribution is -2.11. The van der Waals surface area contributed by atoms with E-state index >= 15 is 0 Å². The molecule has 0 aliphatic rings. The smallest absolute Gasteiger partial charge is 0.257 e. The second-order valence-corrected chi connectivity index (χ2v) is 6.41. The van der Waals surface area contributed by atoms with Crippen molar-refractivity contribution in [2.24, 2.45) is 7.05 Å². The van der Waals surface area contributed by atoms with Gasteiger partial charge in [-0.15, -0.1) is 0 Å². The number of hydrogen-bond acceptors (Lipinski definition) is 2. The lowest BCUT2D eigenvalue weighted by atomic mass is 10.2. The molecule has 0 aliphatic heterocycles. The number of aromatic hydroxyl groups is 1.